The molecule has 0 radical (unpaired) electrons. The first kappa shape index (κ1) is 17.5. The van der Waals surface area contributed by atoms with Gasteiger partial charge in [-0.2, -0.15) is 0 Å². The summed E-state index contributed by atoms with van der Waals surface area (Å²) in [4.78, 5) is 0.185. The van der Waals surface area contributed by atoms with Crippen LogP contribution >= 0.6 is 0 Å². The van der Waals surface area contributed by atoms with E-state index < -0.39 is 16.1 Å². The summed E-state index contributed by atoms with van der Waals surface area (Å²) in [6.07, 6.45) is 0.422. The van der Waals surface area contributed by atoms with Gasteiger partial charge < -0.3 is 9.84 Å². The molecule has 2 aromatic carbocycles. The van der Waals surface area contributed by atoms with E-state index in [1.807, 2.05) is 30.3 Å². The van der Waals surface area contributed by atoms with Crippen LogP contribution in [-0.4, -0.2) is 33.3 Å². The van der Waals surface area contributed by atoms with E-state index in [0.29, 0.717) is 17.7 Å². The fraction of sp³-hybridized carbons (Fsp3) is 0.294. The topological polar surface area (TPSA) is 75.6 Å². The molecule has 6 heteroatoms. The van der Waals surface area contributed by atoms with Crippen molar-refractivity contribution in [3.8, 4) is 5.75 Å². The molecule has 0 aliphatic rings. The minimum Gasteiger partial charge on any atom is -0.497 e. The lowest BCUT2D eigenvalue weighted by Crippen LogP contribution is -2.39. The van der Waals surface area contributed by atoms with Gasteiger partial charge in [-0.05, 0) is 42.7 Å². The highest BCUT2D eigenvalue weighted by atomic mass is 32.2. The Morgan fingerprint density at radius 1 is 1.17 bits per heavy atom. The van der Waals surface area contributed by atoms with Crippen molar-refractivity contribution in [1.82, 2.24) is 4.72 Å². The summed E-state index contributed by atoms with van der Waals surface area (Å²) in [5.74, 6) is 0.601. The number of hydrogen-bond donors (Lipinski definition) is 2. The van der Waals surface area contributed by atoms with E-state index in [1.165, 1.54) is 13.2 Å². The van der Waals surface area contributed by atoms with Crippen molar-refractivity contribution < 1.29 is 18.3 Å². The van der Waals surface area contributed by atoms with E-state index in [4.69, 9.17) is 4.74 Å². The number of aliphatic hydroxyl groups excluding tert-OH is 1. The molecule has 0 bridgehead atoms. The Labute approximate surface area is 137 Å². The van der Waals surface area contributed by atoms with Gasteiger partial charge in [0.05, 0.1) is 18.6 Å². The average molecular weight is 335 g/mol. The van der Waals surface area contributed by atoms with Gasteiger partial charge in [0.15, 0.2) is 0 Å². The van der Waals surface area contributed by atoms with Crippen LogP contribution in [0.3, 0.4) is 0 Å². The molecule has 1 atom stereocenters. The third kappa shape index (κ3) is 4.54. The van der Waals surface area contributed by atoms with Crippen LogP contribution in [0.1, 0.15) is 11.1 Å². The Bertz CT molecular complexity index is 744. The van der Waals surface area contributed by atoms with Gasteiger partial charge in [-0.15, -0.1) is 0 Å². The van der Waals surface area contributed by atoms with E-state index >= 15 is 0 Å². The first-order valence-corrected chi connectivity index (χ1v) is 8.76. The fourth-order valence-electron chi connectivity index (χ4n) is 2.38. The number of rotatable bonds is 7. The van der Waals surface area contributed by atoms with Crippen LogP contribution in [0.2, 0.25) is 0 Å². The lowest BCUT2D eigenvalue weighted by atomic mass is 10.1. The van der Waals surface area contributed by atoms with Crippen LogP contribution in [-0.2, 0) is 16.4 Å². The standard InChI is InChI=1S/C17H21NO4S/c1-13-10-16(22-2)8-9-17(13)23(20,21)18-15(12-19)11-14-6-4-3-5-7-14/h3-10,15,18-19H,11-12H2,1-2H3. The molecule has 0 amide bonds. The Morgan fingerprint density at radius 2 is 1.87 bits per heavy atom. The maximum absolute atomic E-state index is 12.5. The second-order valence-electron chi connectivity index (χ2n) is 5.32. The van der Waals surface area contributed by atoms with Crippen molar-refractivity contribution in [2.45, 2.75) is 24.3 Å². The maximum atomic E-state index is 12.5. The zero-order valence-electron chi connectivity index (χ0n) is 13.2. The van der Waals surface area contributed by atoms with Gasteiger partial charge in [-0.1, -0.05) is 30.3 Å². The molecule has 2 aromatic rings. The van der Waals surface area contributed by atoms with Gasteiger partial charge in [0.1, 0.15) is 5.75 Å². The molecule has 124 valence electrons. The summed E-state index contributed by atoms with van der Waals surface area (Å²) in [5.41, 5.74) is 1.55. The number of hydrogen-bond acceptors (Lipinski definition) is 4. The van der Waals surface area contributed by atoms with Gasteiger partial charge in [0.25, 0.3) is 0 Å². The second-order valence-corrected chi connectivity index (χ2v) is 7.00. The number of aryl methyl sites for hydroxylation is 1. The van der Waals surface area contributed by atoms with E-state index in [-0.39, 0.29) is 11.5 Å². The number of sulfonamides is 1. The first-order chi connectivity index (χ1) is 11.0. The van der Waals surface area contributed by atoms with Crippen LogP contribution in [0.5, 0.6) is 5.75 Å². The molecule has 23 heavy (non-hydrogen) atoms. The Morgan fingerprint density at radius 3 is 2.43 bits per heavy atom. The SMILES string of the molecule is COc1ccc(S(=O)(=O)NC(CO)Cc2ccccc2)c(C)c1. The quantitative estimate of drug-likeness (QED) is 0.810. The summed E-state index contributed by atoms with van der Waals surface area (Å²) < 4.78 is 32.8. The van der Waals surface area contributed by atoms with Crippen LogP contribution in [0, 0.1) is 6.92 Å². The molecule has 0 heterocycles. The van der Waals surface area contributed by atoms with Crippen LogP contribution in [0.4, 0.5) is 0 Å². The van der Waals surface area contributed by atoms with E-state index in [1.54, 1.807) is 19.1 Å². The second kappa shape index (κ2) is 7.59. The number of methoxy groups -OCH3 is 1. The highest BCUT2D eigenvalue weighted by Crippen LogP contribution is 2.21. The van der Waals surface area contributed by atoms with Crippen molar-refractivity contribution in [3.05, 3.63) is 59.7 Å². The lowest BCUT2D eigenvalue weighted by molar-refractivity contribution is 0.256. The van der Waals surface area contributed by atoms with Gasteiger partial charge >= 0.3 is 0 Å². The van der Waals surface area contributed by atoms with Gasteiger partial charge in [0.2, 0.25) is 10.0 Å². The average Bonchev–Trinajstić information content (AvgIpc) is 2.54. The maximum Gasteiger partial charge on any atom is 0.241 e. The Kier molecular flexibility index (Phi) is 5.76. The molecule has 0 aliphatic heterocycles. The molecule has 5 nitrogen and oxygen atoms in total. The summed E-state index contributed by atoms with van der Waals surface area (Å²) >= 11 is 0. The predicted octanol–water partition coefficient (Wildman–Crippen LogP) is 1.89. The summed E-state index contributed by atoms with van der Waals surface area (Å²) in [6.45, 7) is 1.44. The van der Waals surface area contributed by atoms with E-state index in [2.05, 4.69) is 4.72 Å². The largest absolute Gasteiger partial charge is 0.497 e. The van der Waals surface area contributed by atoms with Crippen LogP contribution < -0.4 is 9.46 Å². The van der Waals surface area contributed by atoms with Crippen LogP contribution in [0.25, 0.3) is 0 Å². The Hall–Kier alpha value is -1.89. The lowest BCUT2D eigenvalue weighted by Gasteiger charge is -2.18. The van der Waals surface area contributed by atoms with Crippen molar-refractivity contribution in [3.63, 3.8) is 0 Å². The number of aliphatic hydroxyl groups is 1. The van der Waals surface area contributed by atoms with E-state index in [9.17, 15) is 13.5 Å². The summed E-state index contributed by atoms with van der Waals surface area (Å²) in [7, 11) is -2.18. The van der Waals surface area contributed by atoms with Gasteiger partial charge in [0, 0.05) is 6.04 Å². The van der Waals surface area contributed by atoms with Crippen molar-refractivity contribution in [2.75, 3.05) is 13.7 Å². The van der Waals surface area contributed by atoms with Gasteiger partial charge in [-0.3, -0.25) is 0 Å². The predicted molar refractivity (Wildman–Crippen MR) is 89.1 cm³/mol. The molecule has 1 unspecified atom stereocenters. The van der Waals surface area contributed by atoms with E-state index in [0.717, 1.165) is 5.56 Å². The summed E-state index contributed by atoms with van der Waals surface area (Å²) in [5, 5.41) is 9.50. The number of benzene rings is 2. The molecule has 0 fully saturated rings. The van der Waals surface area contributed by atoms with Crippen molar-refractivity contribution >= 4 is 10.0 Å². The molecular weight excluding hydrogens is 314 g/mol. The molecule has 0 saturated heterocycles. The van der Waals surface area contributed by atoms with Gasteiger partial charge in [-0.25, -0.2) is 13.1 Å². The normalized spacial score (nSPS) is 12.8. The van der Waals surface area contributed by atoms with Crippen molar-refractivity contribution in [2.24, 2.45) is 0 Å². The van der Waals surface area contributed by atoms with Crippen LogP contribution in [0.15, 0.2) is 53.4 Å². The summed E-state index contributed by atoms with van der Waals surface area (Å²) in [6, 6.07) is 13.6. The fourth-order valence-corrected chi connectivity index (χ4v) is 3.83. The Balaban J connectivity index is 2.18. The molecule has 0 aromatic heterocycles. The van der Waals surface area contributed by atoms with Crippen molar-refractivity contribution in [1.29, 1.82) is 0 Å². The molecular formula is C17H21NO4S. The smallest absolute Gasteiger partial charge is 0.241 e. The zero-order chi connectivity index (χ0) is 16.9. The first-order valence-electron chi connectivity index (χ1n) is 7.28. The molecule has 0 spiro atoms. The minimum absolute atomic E-state index is 0.185. The molecule has 2 N–H and O–H groups in total. The molecule has 0 saturated carbocycles. The molecule has 2 rings (SSSR count). The highest BCUT2D eigenvalue weighted by Gasteiger charge is 2.22. The number of ether oxygens (including phenoxy) is 1. The highest BCUT2D eigenvalue weighted by molar-refractivity contribution is 7.89. The minimum atomic E-state index is -3.71. The third-order valence-corrected chi connectivity index (χ3v) is 5.22. The third-order valence-electron chi connectivity index (χ3n) is 3.54. The molecule has 0 aliphatic carbocycles. The number of nitrogens with one attached hydrogen (secondary N) is 1. The monoisotopic (exact) mass is 335 g/mol. The zero-order valence-corrected chi connectivity index (χ0v) is 14.0.